The van der Waals surface area contributed by atoms with Crippen LogP contribution in [-0.4, -0.2) is 82.7 Å². The monoisotopic (exact) mass is 329 g/mol. The first kappa shape index (κ1) is 16.1. The third-order valence-electron chi connectivity index (χ3n) is 5.96. The van der Waals surface area contributed by atoms with E-state index < -0.39 is 0 Å². The van der Waals surface area contributed by atoms with Crippen LogP contribution in [0.25, 0.3) is 0 Å². The zero-order valence-corrected chi connectivity index (χ0v) is 14.4. The molecule has 1 aromatic carbocycles. The average molecular weight is 329 g/mol. The number of benzene rings is 1. The summed E-state index contributed by atoms with van der Waals surface area (Å²) in [7, 11) is 0. The van der Waals surface area contributed by atoms with Gasteiger partial charge in [0.1, 0.15) is 0 Å². The van der Waals surface area contributed by atoms with E-state index in [1.54, 1.807) is 6.92 Å². The molecule has 2 atom stereocenters. The Kier molecular flexibility index (Phi) is 4.11. The second kappa shape index (κ2) is 6.14. The molecule has 3 aliphatic heterocycles. The Morgan fingerprint density at radius 2 is 1.96 bits per heavy atom. The highest BCUT2D eigenvalue weighted by molar-refractivity contribution is 5.73. The lowest BCUT2D eigenvalue weighted by atomic mass is 9.83. The van der Waals surface area contributed by atoms with Gasteiger partial charge in [-0.05, 0) is 18.4 Å². The summed E-state index contributed by atoms with van der Waals surface area (Å²) in [6, 6.07) is 10.9. The number of aliphatic hydroxyl groups is 1. The van der Waals surface area contributed by atoms with E-state index in [4.69, 9.17) is 0 Å². The number of aliphatic hydroxyl groups excluding tert-OH is 1. The molecule has 3 fully saturated rings. The number of likely N-dealkylation sites (tertiary alicyclic amines) is 1. The minimum Gasteiger partial charge on any atom is -0.392 e. The van der Waals surface area contributed by atoms with Crippen LogP contribution in [0, 0.1) is 0 Å². The van der Waals surface area contributed by atoms with Crippen LogP contribution < -0.4 is 0 Å². The van der Waals surface area contributed by atoms with Crippen LogP contribution in [-0.2, 0) is 11.2 Å². The number of nitrogens with zero attached hydrogens (tertiary/aromatic N) is 3. The summed E-state index contributed by atoms with van der Waals surface area (Å²) in [5.74, 6) is 0.165. The summed E-state index contributed by atoms with van der Waals surface area (Å²) in [6.45, 7) is 7.10. The van der Waals surface area contributed by atoms with Gasteiger partial charge in [0, 0.05) is 52.2 Å². The molecule has 0 bridgehead atoms. The Morgan fingerprint density at radius 3 is 2.67 bits per heavy atom. The van der Waals surface area contributed by atoms with Crippen LogP contribution in [0.4, 0.5) is 0 Å². The summed E-state index contributed by atoms with van der Waals surface area (Å²) in [5.41, 5.74) is 1.44. The van der Waals surface area contributed by atoms with E-state index in [-0.39, 0.29) is 17.6 Å². The Bertz CT molecular complexity index is 600. The van der Waals surface area contributed by atoms with Crippen molar-refractivity contribution in [1.82, 2.24) is 14.7 Å². The fourth-order valence-corrected chi connectivity index (χ4v) is 4.81. The van der Waals surface area contributed by atoms with Gasteiger partial charge in [-0.2, -0.15) is 0 Å². The van der Waals surface area contributed by atoms with E-state index in [0.717, 1.165) is 52.1 Å². The molecule has 3 saturated heterocycles. The Labute approximate surface area is 143 Å². The molecule has 0 aliphatic carbocycles. The predicted octanol–water partition coefficient (Wildman–Crippen LogP) is 0.581. The normalized spacial score (nSPS) is 29.5. The molecule has 24 heavy (non-hydrogen) atoms. The molecule has 5 nitrogen and oxygen atoms in total. The summed E-state index contributed by atoms with van der Waals surface area (Å²) < 4.78 is 0. The lowest BCUT2D eigenvalue weighted by molar-refractivity contribution is -0.148. The molecule has 1 N–H and O–H groups in total. The van der Waals surface area contributed by atoms with E-state index in [1.807, 2.05) is 4.90 Å². The maximum absolute atomic E-state index is 11.9. The third-order valence-corrected chi connectivity index (χ3v) is 5.96. The number of fused-ring (bicyclic) bond motifs is 2. The smallest absolute Gasteiger partial charge is 0.219 e. The fourth-order valence-electron chi connectivity index (χ4n) is 4.81. The molecule has 0 radical (unpaired) electrons. The van der Waals surface area contributed by atoms with Crippen LogP contribution in [0.2, 0.25) is 0 Å². The van der Waals surface area contributed by atoms with Gasteiger partial charge < -0.3 is 10.0 Å². The van der Waals surface area contributed by atoms with Crippen molar-refractivity contribution >= 4 is 5.91 Å². The molecule has 3 aliphatic rings. The van der Waals surface area contributed by atoms with Crippen molar-refractivity contribution in [2.45, 2.75) is 37.5 Å². The zero-order chi connectivity index (χ0) is 16.7. The molecule has 0 saturated carbocycles. The van der Waals surface area contributed by atoms with Crippen LogP contribution in [0.15, 0.2) is 30.3 Å². The number of hydrogen-bond acceptors (Lipinski definition) is 4. The fraction of sp³-hybridized carbons (Fsp3) is 0.632. The second-order valence-electron chi connectivity index (χ2n) is 7.77. The number of β-amino-alcohol motifs (C(OH)–C–C–N with tert-alkyl or cyclic N) is 1. The van der Waals surface area contributed by atoms with Crippen LogP contribution in [0.5, 0.6) is 0 Å². The van der Waals surface area contributed by atoms with E-state index >= 15 is 0 Å². The van der Waals surface area contributed by atoms with Crippen LogP contribution >= 0.6 is 0 Å². The Balaban J connectivity index is 1.40. The molecule has 4 rings (SSSR count). The molecule has 0 aromatic heterocycles. The van der Waals surface area contributed by atoms with Gasteiger partial charge >= 0.3 is 0 Å². The Hall–Kier alpha value is -1.43. The number of amides is 1. The molecular weight excluding hydrogens is 302 g/mol. The van der Waals surface area contributed by atoms with Crippen molar-refractivity contribution in [3.63, 3.8) is 0 Å². The molecule has 2 unspecified atom stereocenters. The number of piperazine rings is 1. The molecule has 130 valence electrons. The molecular formula is C19H27N3O2. The van der Waals surface area contributed by atoms with Gasteiger partial charge in [0.15, 0.2) is 0 Å². The lowest BCUT2D eigenvalue weighted by Gasteiger charge is -2.61. The van der Waals surface area contributed by atoms with Crippen LogP contribution in [0.3, 0.4) is 0 Å². The zero-order valence-electron chi connectivity index (χ0n) is 14.4. The standard InChI is InChI=1S/C19H27N3O2/c1-15(23)21-10-17-9-18(24)11-22(17)19(14-21)12-20(13-19)8-7-16-5-3-2-4-6-16/h2-6,17-18,24H,7-14H2,1H3. The van der Waals surface area contributed by atoms with Crippen molar-refractivity contribution in [1.29, 1.82) is 0 Å². The minimum absolute atomic E-state index is 0.0583. The van der Waals surface area contributed by atoms with Crippen molar-refractivity contribution in [2.75, 3.05) is 39.3 Å². The first-order chi connectivity index (χ1) is 11.6. The lowest BCUT2D eigenvalue weighted by Crippen LogP contribution is -2.78. The van der Waals surface area contributed by atoms with E-state index in [0.29, 0.717) is 6.04 Å². The summed E-state index contributed by atoms with van der Waals surface area (Å²) in [6.07, 6.45) is 1.63. The van der Waals surface area contributed by atoms with Gasteiger partial charge in [-0.1, -0.05) is 30.3 Å². The van der Waals surface area contributed by atoms with E-state index in [1.165, 1.54) is 5.56 Å². The highest BCUT2D eigenvalue weighted by atomic mass is 16.3. The molecule has 3 heterocycles. The predicted molar refractivity (Wildman–Crippen MR) is 92.7 cm³/mol. The molecule has 5 heteroatoms. The Morgan fingerprint density at radius 1 is 1.21 bits per heavy atom. The van der Waals surface area contributed by atoms with Gasteiger partial charge in [0.05, 0.1) is 11.6 Å². The van der Waals surface area contributed by atoms with Gasteiger partial charge in [0.2, 0.25) is 5.91 Å². The van der Waals surface area contributed by atoms with Crippen molar-refractivity contribution < 1.29 is 9.90 Å². The third kappa shape index (κ3) is 2.85. The van der Waals surface area contributed by atoms with Gasteiger partial charge in [-0.25, -0.2) is 0 Å². The van der Waals surface area contributed by atoms with E-state index in [2.05, 4.69) is 40.1 Å². The number of carbonyl (C=O) groups is 1. The summed E-state index contributed by atoms with van der Waals surface area (Å²) in [4.78, 5) is 18.9. The molecule has 1 amide bonds. The van der Waals surface area contributed by atoms with Crippen molar-refractivity contribution in [3.05, 3.63) is 35.9 Å². The molecule has 1 aromatic rings. The maximum atomic E-state index is 11.9. The second-order valence-corrected chi connectivity index (χ2v) is 7.77. The van der Waals surface area contributed by atoms with E-state index in [9.17, 15) is 9.90 Å². The summed E-state index contributed by atoms with van der Waals surface area (Å²) in [5, 5.41) is 10.1. The number of rotatable bonds is 3. The van der Waals surface area contributed by atoms with Crippen LogP contribution in [0.1, 0.15) is 18.9 Å². The number of carbonyl (C=O) groups excluding carboxylic acids is 1. The first-order valence-electron chi connectivity index (χ1n) is 9.02. The van der Waals surface area contributed by atoms with Gasteiger partial charge in [0.25, 0.3) is 0 Å². The number of hydrogen-bond donors (Lipinski definition) is 1. The highest BCUT2D eigenvalue weighted by Gasteiger charge is 2.56. The van der Waals surface area contributed by atoms with Crippen molar-refractivity contribution in [2.24, 2.45) is 0 Å². The topological polar surface area (TPSA) is 47.0 Å². The molecule has 1 spiro atoms. The maximum Gasteiger partial charge on any atom is 0.219 e. The quantitative estimate of drug-likeness (QED) is 0.881. The average Bonchev–Trinajstić information content (AvgIpc) is 2.92. The summed E-state index contributed by atoms with van der Waals surface area (Å²) >= 11 is 0. The minimum atomic E-state index is -0.239. The SMILES string of the molecule is CC(=O)N1CC2CC(O)CN2C2(CN(CCc3ccccc3)C2)C1. The van der Waals surface area contributed by atoms with Crippen molar-refractivity contribution in [3.8, 4) is 0 Å². The van der Waals surface area contributed by atoms with Gasteiger partial charge in [-0.3, -0.25) is 14.6 Å². The first-order valence-corrected chi connectivity index (χ1v) is 9.02. The largest absolute Gasteiger partial charge is 0.392 e. The highest BCUT2D eigenvalue weighted by Crippen LogP contribution is 2.38. The van der Waals surface area contributed by atoms with Gasteiger partial charge in [-0.15, -0.1) is 0 Å².